The maximum absolute atomic E-state index is 11.6. The van der Waals surface area contributed by atoms with Crippen LogP contribution in [-0.2, 0) is 14.3 Å². The highest BCUT2D eigenvalue weighted by molar-refractivity contribution is 8.20. The molecular formula is C31H50O3S2. The molecule has 0 spiro atoms. The minimum atomic E-state index is -0.0959. The third-order valence-corrected chi connectivity index (χ3v) is 16.1. The number of hydrogen-bond donors (Lipinski definition) is 0. The number of fused-ring (bicyclic) bond motifs is 7. The van der Waals surface area contributed by atoms with Gasteiger partial charge in [0.25, 0.3) is 0 Å². The quantitative estimate of drug-likeness (QED) is 0.336. The molecular weight excluding hydrogens is 484 g/mol. The summed E-state index contributed by atoms with van der Waals surface area (Å²) in [6.07, 6.45) is 14.0. The molecule has 36 heavy (non-hydrogen) atoms. The van der Waals surface area contributed by atoms with Gasteiger partial charge in [-0.15, -0.1) is 23.5 Å². The van der Waals surface area contributed by atoms with E-state index in [1.165, 1.54) is 62.9 Å². The van der Waals surface area contributed by atoms with Crippen LogP contribution in [0, 0.1) is 52.3 Å². The minimum absolute atomic E-state index is 0.0959. The molecule has 6 fully saturated rings. The number of ether oxygens (including phenoxy) is 2. The van der Waals surface area contributed by atoms with Crippen molar-refractivity contribution in [3.05, 3.63) is 0 Å². The number of carbonyl (C=O) groups excluding carboxylic acids is 1. The second-order valence-electron chi connectivity index (χ2n) is 14.2. The van der Waals surface area contributed by atoms with E-state index in [0.717, 1.165) is 52.9 Å². The van der Waals surface area contributed by atoms with Gasteiger partial charge in [-0.2, -0.15) is 0 Å². The Bertz CT molecular complexity index is 829. The van der Waals surface area contributed by atoms with Crippen LogP contribution in [0.4, 0.5) is 0 Å². The molecule has 3 nitrogen and oxygen atoms in total. The Hall–Kier alpha value is 0.130. The van der Waals surface area contributed by atoms with Gasteiger partial charge in [0.2, 0.25) is 0 Å². The van der Waals surface area contributed by atoms with Gasteiger partial charge < -0.3 is 9.47 Å². The van der Waals surface area contributed by atoms with Gasteiger partial charge in [0.05, 0.1) is 16.8 Å². The van der Waals surface area contributed by atoms with Gasteiger partial charge in [0, 0.05) is 18.4 Å². The SMILES string of the molecule is CC(=O)O[C@H]1CC[C@@]2(C)[C@@H](CC[C@@H]3[C@@H]2CC[C@]2(C)[C@H]4[C@H](C)[C@H](CC[C@@H](C)C5SCCS5)O[C@H]4C[C@@H]32)C1. The molecule has 0 radical (unpaired) electrons. The molecule has 4 aliphatic carbocycles. The fourth-order valence-electron chi connectivity index (χ4n) is 10.8. The summed E-state index contributed by atoms with van der Waals surface area (Å²) in [5, 5.41) is 0. The standard InChI is InChI=1S/C31H50O3S2/c1-18(29-35-14-15-36-29)6-9-26-19(2)28-27(34-26)17-25-23-8-7-21-16-22(33-20(3)32)10-12-30(21,4)24(23)11-13-31(25,28)5/h18-19,21-29H,6-17H2,1-5H3/t18-,19-,21+,22+,23-,24+,25+,26+,27+,28+,30+,31+/m1/s1. The summed E-state index contributed by atoms with van der Waals surface area (Å²) in [7, 11) is 0. The summed E-state index contributed by atoms with van der Waals surface area (Å²) in [5.74, 6) is 8.21. The average molecular weight is 535 g/mol. The van der Waals surface area contributed by atoms with E-state index >= 15 is 0 Å². The van der Waals surface area contributed by atoms with E-state index in [9.17, 15) is 4.79 Å². The molecule has 2 saturated heterocycles. The van der Waals surface area contributed by atoms with Gasteiger partial charge >= 0.3 is 5.97 Å². The zero-order valence-electron chi connectivity index (χ0n) is 23.4. The number of thioether (sulfide) groups is 2. The number of carbonyl (C=O) groups is 1. The lowest BCUT2D eigenvalue weighted by molar-refractivity contribution is -0.160. The fourth-order valence-corrected chi connectivity index (χ4v) is 14.0. The largest absolute Gasteiger partial charge is 0.463 e. The summed E-state index contributed by atoms with van der Waals surface area (Å²) >= 11 is 4.37. The van der Waals surface area contributed by atoms with Crippen molar-refractivity contribution >= 4 is 29.5 Å². The summed E-state index contributed by atoms with van der Waals surface area (Å²) in [6.45, 7) is 11.9. The average Bonchev–Trinajstić information content (AvgIpc) is 3.54. The van der Waals surface area contributed by atoms with Crippen molar-refractivity contribution in [3.8, 4) is 0 Å². The molecule has 0 amide bonds. The molecule has 0 bridgehead atoms. The van der Waals surface area contributed by atoms with Gasteiger partial charge in [-0.3, -0.25) is 4.79 Å². The van der Waals surface area contributed by atoms with Crippen LogP contribution < -0.4 is 0 Å². The van der Waals surface area contributed by atoms with Crippen molar-refractivity contribution in [2.75, 3.05) is 11.5 Å². The Morgan fingerprint density at radius 3 is 2.53 bits per heavy atom. The zero-order chi connectivity index (χ0) is 25.2. The fraction of sp³-hybridized carbons (Fsp3) is 0.968. The van der Waals surface area contributed by atoms with Gasteiger partial charge in [0.15, 0.2) is 0 Å². The maximum Gasteiger partial charge on any atom is 0.302 e. The normalized spacial score (nSPS) is 51.2. The molecule has 0 unspecified atom stereocenters. The Balaban J connectivity index is 1.11. The lowest BCUT2D eigenvalue weighted by Crippen LogP contribution is -2.54. The summed E-state index contributed by atoms with van der Waals surface area (Å²) in [4.78, 5) is 11.6. The molecule has 0 aromatic heterocycles. The first-order valence-corrected chi connectivity index (χ1v) is 17.4. The first kappa shape index (κ1) is 26.4. The maximum atomic E-state index is 11.6. The van der Waals surface area contributed by atoms with E-state index in [2.05, 4.69) is 51.2 Å². The van der Waals surface area contributed by atoms with Crippen molar-refractivity contribution in [3.63, 3.8) is 0 Å². The molecule has 0 N–H and O–H groups in total. The first-order chi connectivity index (χ1) is 17.2. The van der Waals surface area contributed by atoms with Crippen LogP contribution in [0.5, 0.6) is 0 Å². The molecule has 4 saturated carbocycles. The third kappa shape index (κ3) is 4.32. The predicted octanol–water partition coefficient (Wildman–Crippen LogP) is 7.81. The monoisotopic (exact) mass is 534 g/mol. The molecule has 2 aliphatic heterocycles. The highest BCUT2D eigenvalue weighted by Crippen LogP contribution is 2.70. The molecule has 0 aromatic carbocycles. The molecule has 12 atom stereocenters. The van der Waals surface area contributed by atoms with E-state index < -0.39 is 0 Å². The van der Waals surface area contributed by atoms with E-state index in [-0.39, 0.29) is 12.1 Å². The van der Waals surface area contributed by atoms with Crippen LogP contribution in [0.3, 0.4) is 0 Å². The van der Waals surface area contributed by atoms with Gasteiger partial charge in [-0.1, -0.05) is 27.7 Å². The molecule has 6 aliphatic rings. The Labute approximate surface area is 228 Å². The summed E-state index contributed by atoms with van der Waals surface area (Å²) < 4.78 is 13.5. The zero-order valence-corrected chi connectivity index (χ0v) is 25.0. The number of esters is 1. The van der Waals surface area contributed by atoms with Crippen LogP contribution >= 0.6 is 23.5 Å². The van der Waals surface area contributed by atoms with Crippen LogP contribution in [0.15, 0.2) is 0 Å². The van der Waals surface area contributed by atoms with Crippen LogP contribution in [-0.4, -0.2) is 40.4 Å². The van der Waals surface area contributed by atoms with E-state index in [1.54, 1.807) is 6.92 Å². The first-order valence-electron chi connectivity index (χ1n) is 15.3. The van der Waals surface area contributed by atoms with Crippen molar-refractivity contribution in [1.82, 2.24) is 0 Å². The second kappa shape index (κ2) is 9.95. The topological polar surface area (TPSA) is 35.5 Å². The van der Waals surface area contributed by atoms with Crippen LogP contribution in [0.25, 0.3) is 0 Å². The second-order valence-corrected chi connectivity index (χ2v) is 17.0. The highest BCUT2D eigenvalue weighted by atomic mass is 32.2. The van der Waals surface area contributed by atoms with Crippen molar-refractivity contribution < 1.29 is 14.3 Å². The molecule has 2 heterocycles. The van der Waals surface area contributed by atoms with E-state index in [4.69, 9.17) is 9.47 Å². The van der Waals surface area contributed by atoms with Gasteiger partial charge in [-0.25, -0.2) is 0 Å². The van der Waals surface area contributed by atoms with Crippen LogP contribution in [0.1, 0.15) is 98.8 Å². The summed E-state index contributed by atoms with van der Waals surface area (Å²) in [6, 6.07) is 0. The van der Waals surface area contributed by atoms with Crippen LogP contribution in [0.2, 0.25) is 0 Å². The Morgan fingerprint density at radius 1 is 1.03 bits per heavy atom. The summed E-state index contributed by atoms with van der Waals surface area (Å²) in [5.41, 5.74) is 0.918. The lowest BCUT2D eigenvalue weighted by atomic mass is 9.44. The lowest BCUT2D eigenvalue weighted by Gasteiger charge is -2.61. The number of hydrogen-bond acceptors (Lipinski definition) is 5. The Kier molecular flexibility index (Phi) is 7.29. The minimum Gasteiger partial charge on any atom is -0.463 e. The van der Waals surface area contributed by atoms with Gasteiger partial charge in [0.1, 0.15) is 6.10 Å². The van der Waals surface area contributed by atoms with E-state index in [0.29, 0.717) is 29.0 Å². The predicted molar refractivity (Wildman–Crippen MR) is 151 cm³/mol. The van der Waals surface area contributed by atoms with Crippen molar-refractivity contribution in [1.29, 1.82) is 0 Å². The number of rotatable bonds is 5. The third-order valence-electron chi connectivity index (χ3n) is 12.6. The molecule has 5 heteroatoms. The molecule has 6 rings (SSSR count). The van der Waals surface area contributed by atoms with Gasteiger partial charge in [-0.05, 0) is 116 Å². The van der Waals surface area contributed by atoms with Crippen molar-refractivity contribution in [2.24, 2.45) is 52.3 Å². The van der Waals surface area contributed by atoms with Crippen molar-refractivity contribution in [2.45, 2.75) is 122 Å². The smallest absolute Gasteiger partial charge is 0.302 e. The molecule has 204 valence electrons. The van der Waals surface area contributed by atoms with E-state index in [1.807, 2.05) is 0 Å². The Morgan fingerprint density at radius 2 is 1.78 bits per heavy atom. The molecule has 0 aromatic rings. The highest BCUT2D eigenvalue weighted by Gasteiger charge is 2.65.